The maximum atomic E-state index is 12.4. The zero-order valence-electron chi connectivity index (χ0n) is 13.3. The van der Waals surface area contributed by atoms with Gasteiger partial charge in [-0.15, -0.1) is 11.3 Å². The van der Waals surface area contributed by atoms with Crippen LogP contribution in [0, 0.1) is 0 Å². The highest BCUT2D eigenvalue weighted by Gasteiger charge is 2.12. The summed E-state index contributed by atoms with van der Waals surface area (Å²) in [4.78, 5) is 20.0. The Kier molecular flexibility index (Phi) is 5.45. The summed E-state index contributed by atoms with van der Waals surface area (Å²) in [7, 11) is 0. The van der Waals surface area contributed by atoms with E-state index in [1.807, 2.05) is 49.4 Å². The minimum Gasteiger partial charge on any atom is -0.324 e. The van der Waals surface area contributed by atoms with Crippen LogP contribution in [0.5, 0.6) is 0 Å². The van der Waals surface area contributed by atoms with Crippen molar-refractivity contribution in [1.29, 1.82) is 0 Å². The van der Waals surface area contributed by atoms with Gasteiger partial charge in [0.1, 0.15) is 0 Å². The molecule has 0 atom stereocenters. The molecule has 0 unspecified atom stereocenters. The van der Waals surface area contributed by atoms with E-state index in [-0.39, 0.29) is 5.91 Å². The number of carbonyl (C=O) groups excluding carboxylic acids is 1. The third-order valence-electron chi connectivity index (χ3n) is 3.74. The number of nitrogens with one attached hydrogen (secondary N) is 1. The third-order valence-corrected chi connectivity index (χ3v) is 4.96. The minimum absolute atomic E-state index is 0.0316. The highest BCUT2D eigenvalue weighted by Crippen LogP contribution is 2.23. The van der Waals surface area contributed by atoms with E-state index in [0.29, 0.717) is 6.54 Å². The lowest BCUT2D eigenvalue weighted by molar-refractivity contribution is -0.117. The van der Waals surface area contributed by atoms with E-state index in [1.165, 1.54) is 0 Å². The molecule has 2 aromatic heterocycles. The van der Waals surface area contributed by atoms with Crippen LogP contribution < -0.4 is 5.32 Å². The second kappa shape index (κ2) is 7.75. The summed E-state index contributed by atoms with van der Waals surface area (Å²) in [5.41, 5.74) is 1.66. The van der Waals surface area contributed by atoms with Crippen molar-refractivity contribution in [3.05, 3.63) is 57.9 Å². The van der Waals surface area contributed by atoms with E-state index in [0.717, 1.165) is 38.9 Å². The Morgan fingerprint density at radius 2 is 2.12 bits per heavy atom. The van der Waals surface area contributed by atoms with Gasteiger partial charge in [0.2, 0.25) is 5.91 Å². The van der Waals surface area contributed by atoms with Crippen molar-refractivity contribution in [2.75, 3.05) is 18.4 Å². The van der Waals surface area contributed by atoms with Gasteiger partial charge in [-0.25, -0.2) is 0 Å². The number of hydrogen-bond donors (Lipinski definition) is 1. The second-order valence-electron chi connectivity index (χ2n) is 5.43. The van der Waals surface area contributed by atoms with Gasteiger partial charge in [-0.05, 0) is 42.9 Å². The molecule has 0 fully saturated rings. The first-order valence-electron chi connectivity index (χ1n) is 7.76. The molecule has 0 aliphatic rings. The first-order valence-corrected chi connectivity index (χ1v) is 8.95. The Morgan fingerprint density at radius 3 is 2.88 bits per heavy atom. The molecule has 6 heteroatoms. The smallest absolute Gasteiger partial charge is 0.238 e. The van der Waals surface area contributed by atoms with Crippen LogP contribution >= 0.6 is 22.9 Å². The van der Waals surface area contributed by atoms with Gasteiger partial charge in [0.25, 0.3) is 0 Å². The molecule has 1 aromatic carbocycles. The number of thiophene rings is 1. The molecule has 3 aromatic rings. The highest BCUT2D eigenvalue weighted by molar-refractivity contribution is 7.16. The standard InChI is InChI=1S/C18H18ClN3OS/c1-2-22(11-13-8-9-17(19)24-13)12-18(23)21-16-7-3-6-15-14(16)5-4-10-20-15/h3-10H,2,11-12H2,1H3,(H,21,23). The third kappa shape index (κ3) is 4.12. The summed E-state index contributed by atoms with van der Waals surface area (Å²) in [6.45, 7) is 3.89. The van der Waals surface area contributed by atoms with E-state index in [1.54, 1.807) is 17.5 Å². The summed E-state index contributed by atoms with van der Waals surface area (Å²) < 4.78 is 0.772. The van der Waals surface area contributed by atoms with Crippen molar-refractivity contribution < 1.29 is 4.79 Å². The fraction of sp³-hybridized carbons (Fsp3) is 0.222. The molecule has 0 saturated carbocycles. The Bertz CT molecular complexity index is 844. The van der Waals surface area contributed by atoms with Crippen LogP contribution in [0.25, 0.3) is 10.9 Å². The van der Waals surface area contributed by atoms with Crippen LogP contribution in [0.1, 0.15) is 11.8 Å². The van der Waals surface area contributed by atoms with Gasteiger partial charge in [0, 0.05) is 23.0 Å². The van der Waals surface area contributed by atoms with Gasteiger partial charge in [0.15, 0.2) is 0 Å². The number of fused-ring (bicyclic) bond motifs is 1. The molecule has 4 nitrogen and oxygen atoms in total. The van der Waals surface area contributed by atoms with Gasteiger partial charge in [0.05, 0.1) is 22.1 Å². The lowest BCUT2D eigenvalue weighted by Crippen LogP contribution is -2.32. The lowest BCUT2D eigenvalue weighted by atomic mass is 10.2. The van der Waals surface area contributed by atoms with Gasteiger partial charge >= 0.3 is 0 Å². The molecule has 0 aliphatic heterocycles. The van der Waals surface area contributed by atoms with Gasteiger partial charge in [-0.2, -0.15) is 0 Å². The molecule has 0 aliphatic carbocycles. The SMILES string of the molecule is CCN(CC(=O)Nc1cccc2ncccc12)Cc1ccc(Cl)s1. The molecule has 0 spiro atoms. The second-order valence-corrected chi connectivity index (χ2v) is 7.23. The molecule has 0 radical (unpaired) electrons. The fourth-order valence-corrected chi connectivity index (χ4v) is 3.67. The van der Waals surface area contributed by atoms with E-state index < -0.39 is 0 Å². The van der Waals surface area contributed by atoms with Crippen LogP contribution in [-0.2, 0) is 11.3 Å². The predicted octanol–water partition coefficient (Wildman–Crippen LogP) is 4.41. The van der Waals surface area contributed by atoms with Crippen molar-refractivity contribution in [2.45, 2.75) is 13.5 Å². The number of rotatable bonds is 6. The molecule has 2 heterocycles. The van der Waals surface area contributed by atoms with Crippen molar-refractivity contribution in [3.63, 3.8) is 0 Å². The largest absolute Gasteiger partial charge is 0.324 e. The normalized spacial score (nSPS) is 11.1. The maximum absolute atomic E-state index is 12.4. The first kappa shape index (κ1) is 16.9. The average Bonchev–Trinajstić information content (AvgIpc) is 2.99. The van der Waals surface area contributed by atoms with Crippen LogP contribution in [0.3, 0.4) is 0 Å². The molecule has 1 N–H and O–H groups in total. The Morgan fingerprint density at radius 1 is 1.25 bits per heavy atom. The van der Waals surface area contributed by atoms with Crippen molar-refractivity contribution in [2.24, 2.45) is 0 Å². The molecule has 0 saturated heterocycles. The number of pyridine rings is 1. The molecule has 24 heavy (non-hydrogen) atoms. The number of nitrogens with zero attached hydrogens (tertiary/aromatic N) is 2. The zero-order chi connectivity index (χ0) is 16.9. The zero-order valence-corrected chi connectivity index (χ0v) is 14.9. The molecule has 1 amide bonds. The quantitative estimate of drug-likeness (QED) is 0.709. The molecule has 3 rings (SSSR count). The lowest BCUT2D eigenvalue weighted by Gasteiger charge is -2.19. The molecule has 0 bridgehead atoms. The van der Waals surface area contributed by atoms with E-state index in [2.05, 4.69) is 15.2 Å². The Labute approximate surface area is 150 Å². The summed E-state index contributed by atoms with van der Waals surface area (Å²) in [5.74, 6) is -0.0316. The summed E-state index contributed by atoms with van der Waals surface area (Å²) >= 11 is 7.52. The van der Waals surface area contributed by atoms with Crippen molar-refractivity contribution in [3.8, 4) is 0 Å². The number of hydrogen-bond acceptors (Lipinski definition) is 4. The van der Waals surface area contributed by atoms with E-state index in [4.69, 9.17) is 11.6 Å². The number of anilines is 1. The van der Waals surface area contributed by atoms with Gasteiger partial charge in [-0.1, -0.05) is 24.6 Å². The fourth-order valence-electron chi connectivity index (χ4n) is 2.54. The Hall–Kier alpha value is -1.95. The van der Waals surface area contributed by atoms with Crippen LogP contribution in [0.15, 0.2) is 48.7 Å². The summed E-state index contributed by atoms with van der Waals surface area (Å²) in [6, 6.07) is 13.5. The van der Waals surface area contributed by atoms with Gasteiger partial charge in [-0.3, -0.25) is 14.7 Å². The number of aromatic nitrogens is 1. The monoisotopic (exact) mass is 359 g/mol. The Balaban J connectivity index is 1.67. The van der Waals surface area contributed by atoms with Crippen LogP contribution in [0.2, 0.25) is 4.34 Å². The number of likely N-dealkylation sites (N-methyl/N-ethyl adjacent to an activating group) is 1. The maximum Gasteiger partial charge on any atom is 0.238 e. The first-order chi connectivity index (χ1) is 11.7. The van der Waals surface area contributed by atoms with Crippen LogP contribution in [0.4, 0.5) is 5.69 Å². The molecular weight excluding hydrogens is 342 g/mol. The molecular formula is C18H18ClN3OS. The number of halogens is 1. The molecule has 124 valence electrons. The van der Waals surface area contributed by atoms with Crippen molar-refractivity contribution in [1.82, 2.24) is 9.88 Å². The highest BCUT2D eigenvalue weighted by atomic mass is 35.5. The number of benzene rings is 1. The number of carbonyl (C=O) groups is 1. The van der Waals surface area contributed by atoms with E-state index >= 15 is 0 Å². The van der Waals surface area contributed by atoms with Gasteiger partial charge < -0.3 is 5.32 Å². The van der Waals surface area contributed by atoms with Crippen LogP contribution in [-0.4, -0.2) is 28.9 Å². The predicted molar refractivity (Wildman–Crippen MR) is 101 cm³/mol. The summed E-state index contributed by atoms with van der Waals surface area (Å²) in [6.07, 6.45) is 1.75. The average molecular weight is 360 g/mol. The van der Waals surface area contributed by atoms with Crippen molar-refractivity contribution >= 4 is 45.4 Å². The minimum atomic E-state index is -0.0316. The topological polar surface area (TPSA) is 45.2 Å². The summed E-state index contributed by atoms with van der Waals surface area (Å²) in [5, 5.41) is 3.94. The number of amides is 1. The van der Waals surface area contributed by atoms with E-state index in [9.17, 15) is 4.79 Å².